The zero-order valence-corrected chi connectivity index (χ0v) is 18.3. The molecule has 3 heterocycles. The number of benzene rings is 2. The molecule has 7 nitrogen and oxygen atoms in total. The molecule has 2 N–H and O–H groups in total. The van der Waals surface area contributed by atoms with Gasteiger partial charge in [0.2, 0.25) is 11.1 Å². The highest BCUT2D eigenvalue weighted by molar-refractivity contribution is 8.00. The van der Waals surface area contributed by atoms with Crippen LogP contribution < -0.4 is 10.7 Å². The minimum atomic E-state index is -0.414. The molecule has 5 rings (SSSR count). The first-order valence-electron chi connectivity index (χ1n) is 10.3. The highest BCUT2D eigenvalue weighted by Crippen LogP contribution is 2.38. The van der Waals surface area contributed by atoms with Gasteiger partial charge in [-0.3, -0.25) is 4.79 Å². The van der Waals surface area contributed by atoms with Crippen molar-refractivity contribution in [2.75, 3.05) is 18.6 Å². The Kier molecular flexibility index (Phi) is 5.85. The second-order valence-corrected chi connectivity index (χ2v) is 9.13. The average Bonchev–Trinajstić information content (AvgIpc) is 3.47. The van der Waals surface area contributed by atoms with Crippen LogP contribution in [0, 0.1) is 0 Å². The van der Waals surface area contributed by atoms with Crippen molar-refractivity contribution in [1.82, 2.24) is 20.2 Å². The van der Waals surface area contributed by atoms with Crippen LogP contribution in [-0.4, -0.2) is 45.3 Å². The summed E-state index contributed by atoms with van der Waals surface area (Å²) >= 11 is 7.51. The maximum Gasteiger partial charge on any atom is 0.236 e. The monoisotopic (exact) mass is 455 g/mol. The van der Waals surface area contributed by atoms with Crippen molar-refractivity contribution < 1.29 is 9.53 Å². The molecule has 1 fully saturated rings. The van der Waals surface area contributed by atoms with Crippen LogP contribution in [0.3, 0.4) is 0 Å². The van der Waals surface area contributed by atoms with Gasteiger partial charge in [-0.15, -0.1) is 10.2 Å². The van der Waals surface area contributed by atoms with Gasteiger partial charge in [-0.1, -0.05) is 65.8 Å². The number of hydrogen-bond acceptors (Lipinski definition) is 6. The molecular weight excluding hydrogens is 434 g/mol. The van der Waals surface area contributed by atoms with Crippen LogP contribution in [0.1, 0.15) is 24.4 Å². The lowest BCUT2D eigenvalue weighted by molar-refractivity contribution is -0.121. The van der Waals surface area contributed by atoms with Crippen LogP contribution >= 0.6 is 23.4 Å². The standard InChI is InChI=1S/C22H22ClN5O2S/c23-16-10-8-14(9-11-16)18-19(21(29)24-13-17-7-4-12-30-17)31-22-26-25-20(28(22)27-18)15-5-2-1-3-6-15/h1-3,5-6,8-11,17-19,27H,4,7,12-13H2,(H,24,29)/t17-,18-,19+/m0/s1. The number of fused-ring (bicyclic) bond motifs is 1. The Morgan fingerprint density at radius 3 is 2.74 bits per heavy atom. The third kappa shape index (κ3) is 4.28. The maximum absolute atomic E-state index is 13.2. The third-order valence-electron chi connectivity index (χ3n) is 5.48. The van der Waals surface area contributed by atoms with E-state index in [4.69, 9.17) is 16.3 Å². The summed E-state index contributed by atoms with van der Waals surface area (Å²) in [7, 11) is 0. The van der Waals surface area contributed by atoms with Crippen molar-refractivity contribution in [3.63, 3.8) is 0 Å². The number of nitrogens with zero attached hydrogens (tertiary/aromatic N) is 3. The zero-order chi connectivity index (χ0) is 21.2. The first-order valence-corrected chi connectivity index (χ1v) is 11.5. The molecule has 0 bridgehead atoms. The molecule has 1 amide bonds. The molecule has 0 aliphatic carbocycles. The SMILES string of the molecule is O=C(NC[C@@H]1CCCO1)[C@@H]1Sc2nnc(-c3ccccc3)n2N[C@H]1c1ccc(Cl)cc1. The second kappa shape index (κ2) is 8.90. The molecule has 3 aromatic rings. The Balaban J connectivity index is 1.44. The van der Waals surface area contributed by atoms with Crippen LogP contribution in [0.25, 0.3) is 11.4 Å². The summed E-state index contributed by atoms with van der Waals surface area (Å²) in [5, 5.41) is 12.7. The molecule has 0 unspecified atom stereocenters. The smallest absolute Gasteiger partial charge is 0.236 e. The third-order valence-corrected chi connectivity index (χ3v) is 6.95. The van der Waals surface area contributed by atoms with E-state index in [1.807, 2.05) is 59.3 Å². The van der Waals surface area contributed by atoms with E-state index in [1.54, 1.807) is 0 Å². The van der Waals surface area contributed by atoms with Crippen molar-refractivity contribution in [2.24, 2.45) is 0 Å². The number of thioether (sulfide) groups is 1. The van der Waals surface area contributed by atoms with Crippen molar-refractivity contribution >= 4 is 29.3 Å². The van der Waals surface area contributed by atoms with Gasteiger partial charge >= 0.3 is 0 Å². The summed E-state index contributed by atoms with van der Waals surface area (Å²) in [6.45, 7) is 1.28. The topological polar surface area (TPSA) is 81.1 Å². The summed E-state index contributed by atoms with van der Waals surface area (Å²) in [6, 6.07) is 17.1. The van der Waals surface area contributed by atoms with Gasteiger partial charge in [0.25, 0.3) is 0 Å². The van der Waals surface area contributed by atoms with Gasteiger partial charge in [-0.2, -0.15) is 0 Å². The molecule has 31 heavy (non-hydrogen) atoms. The van der Waals surface area contributed by atoms with Crippen LogP contribution in [0.2, 0.25) is 5.02 Å². The lowest BCUT2D eigenvalue weighted by Crippen LogP contribution is -2.45. The molecular formula is C22H22ClN5O2S. The minimum Gasteiger partial charge on any atom is -0.376 e. The molecule has 1 aromatic heterocycles. The number of carbonyl (C=O) groups excluding carboxylic acids is 1. The molecule has 160 valence electrons. The van der Waals surface area contributed by atoms with E-state index in [0.717, 1.165) is 30.6 Å². The highest BCUT2D eigenvalue weighted by atomic mass is 35.5. The number of aromatic nitrogens is 3. The predicted octanol–water partition coefficient (Wildman–Crippen LogP) is 3.65. The molecule has 0 saturated carbocycles. The van der Waals surface area contributed by atoms with Crippen LogP contribution in [0.15, 0.2) is 59.8 Å². The number of rotatable bonds is 5. The van der Waals surface area contributed by atoms with Gasteiger partial charge < -0.3 is 15.5 Å². The van der Waals surface area contributed by atoms with Crippen molar-refractivity contribution in [3.05, 3.63) is 65.2 Å². The lowest BCUT2D eigenvalue weighted by Gasteiger charge is -2.33. The summed E-state index contributed by atoms with van der Waals surface area (Å²) in [4.78, 5) is 13.2. The lowest BCUT2D eigenvalue weighted by atomic mass is 10.0. The molecule has 2 aliphatic heterocycles. The van der Waals surface area contributed by atoms with Gasteiger partial charge in [0.15, 0.2) is 5.82 Å². The fourth-order valence-electron chi connectivity index (χ4n) is 3.87. The highest BCUT2D eigenvalue weighted by Gasteiger charge is 2.38. The number of hydrogen-bond donors (Lipinski definition) is 2. The Labute approximate surface area is 189 Å². The fourth-order valence-corrected chi connectivity index (χ4v) is 5.10. The molecule has 3 atom stereocenters. The van der Waals surface area contributed by atoms with E-state index in [9.17, 15) is 4.79 Å². The Hall–Kier alpha value is -2.55. The first kappa shape index (κ1) is 20.4. The van der Waals surface area contributed by atoms with Crippen molar-refractivity contribution in [1.29, 1.82) is 0 Å². The molecule has 2 aromatic carbocycles. The molecule has 1 saturated heterocycles. The summed E-state index contributed by atoms with van der Waals surface area (Å²) in [5.41, 5.74) is 5.39. The second-order valence-electron chi connectivity index (χ2n) is 7.58. The predicted molar refractivity (Wildman–Crippen MR) is 121 cm³/mol. The number of amides is 1. The average molecular weight is 456 g/mol. The van der Waals surface area contributed by atoms with Gasteiger partial charge in [0.05, 0.1) is 12.1 Å². The van der Waals surface area contributed by atoms with Crippen molar-refractivity contribution in [3.8, 4) is 11.4 Å². The Morgan fingerprint density at radius 1 is 1.19 bits per heavy atom. The molecule has 0 radical (unpaired) electrons. The number of halogens is 1. The number of ether oxygens (including phenoxy) is 1. The summed E-state index contributed by atoms with van der Waals surface area (Å²) < 4.78 is 7.51. The minimum absolute atomic E-state index is 0.0524. The van der Waals surface area contributed by atoms with E-state index >= 15 is 0 Å². The summed E-state index contributed by atoms with van der Waals surface area (Å²) in [6.07, 6.45) is 2.11. The fraction of sp³-hybridized carbons (Fsp3) is 0.318. The van der Waals surface area contributed by atoms with Crippen LogP contribution in [0.5, 0.6) is 0 Å². The molecule has 2 aliphatic rings. The van der Waals surface area contributed by atoms with Gasteiger partial charge in [-0.25, -0.2) is 4.68 Å². The molecule has 9 heteroatoms. The van der Waals surface area contributed by atoms with E-state index < -0.39 is 5.25 Å². The van der Waals surface area contributed by atoms with E-state index in [2.05, 4.69) is 20.9 Å². The van der Waals surface area contributed by atoms with Crippen LogP contribution in [-0.2, 0) is 9.53 Å². The largest absolute Gasteiger partial charge is 0.376 e. The summed E-state index contributed by atoms with van der Waals surface area (Å²) in [5.74, 6) is 0.656. The quantitative estimate of drug-likeness (QED) is 0.611. The van der Waals surface area contributed by atoms with E-state index in [-0.39, 0.29) is 18.1 Å². The van der Waals surface area contributed by atoms with Crippen molar-refractivity contribution in [2.45, 2.75) is 35.4 Å². The van der Waals surface area contributed by atoms with Crippen LogP contribution in [0.4, 0.5) is 0 Å². The van der Waals surface area contributed by atoms with E-state index in [1.165, 1.54) is 11.8 Å². The number of carbonyl (C=O) groups is 1. The van der Waals surface area contributed by atoms with Gasteiger partial charge in [0, 0.05) is 23.7 Å². The zero-order valence-electron chi connectivity index (χ0n) is 16.7. The Bertz CT molecular complexity index is 1050. The molecule has 0 spiro atoms. The van der Waals surface area contributed by atoms with Gasteiger partial charge in [0.1, 0.15) is 5.25 Å². The first-order chi connectivity index (χ1) is 15.2. The Morgan fingerprint density at radius 2 is 2.00 bits per heavy atom. The normalized spacial score (nSPS) is 22.5. The maximum atomic E-state index is 13.2. The van der Waals surface area contributed by atoms with E-state index in [0.29, 0.717) is 22.5 Å². The number of nitrogens with one attached hydrogen (secondary N) is 2. The van der Waals surface area contributed by atoms with Gasteiger partial charge in [-0.05, 0) is 30.5 Å².